The molecule has 2 heterocycles. The van der Waals surface area contributed by atoms with Gasteiger partial charge in [-0.15, -0.1) is 0 Å². The maximum absolute atomic E-state index is 5.66. The van der Waals surface area contributed by atoms with Gasteiger partial charge in [0.2, 0.25) is 11.8 Å². The molecule has 0 atom stereocenters. The molecule has 2 aromatic rings. The summed E-state index contributed by atoms with van der Waals surface area (Å²) < 4.78 is 11.3. The standard InChI is InChI=1S/C13H19N3O2/c1-6-10-12(17-8(3)14-10)16(5)13-11(7-2)15-9(4)18-13/h6-7H2,1-5H3. The molecule has 0 fully saturated rings. The summed E-state index contributed by atoms with van der Waals surface area (Å²) in [4.78, 5) is 10.6. The molecular formula is C13H19N3O2. The summed E-state index contributed by atoms with van der Waals surface area (Å²) >= 11 is 0. The van der Waals surface area contributed by atoms with Crippen molar-refractivity contribution >= 4 is 11.8 Å². The van der Waals surface area contributed by atoms with Crippen LogP contribution in [0.25, 0.3) is 0 Å². The van der Waals surface area contributed by atoms with E-state index in [-0.39, 0.29) is 0 Å². The monoisotopic (exact) mass is 249 g/mol. The Morgan fingerprint density at radius 2 is 1.28 bits per heavy atom. The Balaban J connectivity index is 2.43. The summed E-state index contributed by atoms with van der Waals surface area (Å²) in [6.45, 7) is 7.81. The van der Waals surface area contributed by atoms with Crippen molar-refractivity contribution in [1.82, 2.24) is 9.97 Å². The molecule has 5 heteroatoms. The van der Waals surface area contributed by atoms with Crippen LogP contribution in [-0.2, 0) is 12.8 Å². The third kappa shape index (κ3) is 2.12. The molecule has 0 saturated carbocycles. The zero-order valence-electron chi connectivity index (χ0n) is 11.6. The number of aromatic nitrogens is 2. The molecule has 0 aliphatic rings. The van der Waals surface area contributed by atoms with Crippen LogP contribution in [0.2, 0.25) is 0 Å². The molecule has 98 valence electrons. The van der Waals surface area contributed by atoms with E-state index >= 15 is 0 Å². The van der Waals surface area contributed by atoms with E-state index in [4.69, 9.17) is 8.83 Å². The smallest absolute Gasteiger partial charge is 0.226 e. The lowest BCUT2D eigenvalue weighted by molar-refractivity contribution is 0.493. The molecule has 0 N–H and O–H groups in total. The second-order valence-corrected chi connectivity index (χ2v) is 4.24. The largest absolute Gasteiger partial charge is 0.425 e. The van der Waals surface area contributed by atoms with Gasteiger partial charge in [0.1, 0.15) is 11.4 Å². The highest BCUT2D eigenvalue weighted by Gasteiger charge is 2.21. The van der Waals surface area contributed by atoms with Crippen molar-refractivity contribution in [2.75, 3.05) is 11.9 Å². The average molecular weight is 249 g/mol. The second kappa shape index (κ2) is 4.84. The van der Waals surface area contributed by atoms with Crippen LogP contribution in [0.5, 0.6) is 0 Å². The van der Waals surface area contributed by atoms with E-state index in [1.54, 1.807) is 0 Å². The summed E-state index contributed by atoms with van der Waals surface area (Å²) in [7, 11) is 1.91. The summed E-state index contributed by atoms with van der Waals surface area (Å²) in [5.41, 5.74) is 1.87. The molecule has 0 aliphatic carbocycles. The number of oxazole rings is 2. The van der Waals surface area contributed by atoms with Crippen molar-refractivity contribution in [2.45, 2.75) is 40.5 Å². The van der Waals surface area contributed by atoms with Gasteiger partial charge in [-0.1, -0.05) is 13.8 Å². The molecule has 2 aromatic heterocycles. The molecule has 0 amide bonds. The maximum Gasteiger partial charge on any atom is 0.226 e. The number of hydrogen-bond donors (Lipinski definition) is 0. The SMILES string of the molecule is CCc1nc(C)oc1N(C)c1oc(C)nc1CC. The summed E-state index contributed by atoms with van der Waals surface area (Å²) in [6.07, 6.45) is 1.65. The highest BCUT2D eigenvalue weighted by molar-refractivity contribution is 5.56. The van der Waals surface area contributed by atoms with E-state index in [9.17, 15) is 0 Å². The predicted octanol–water partition coefficient (Wildman–Crippen LogP) is 3.17. The van der Waals surface area contributed by atoms with Gasteiger partial charge in [-0.2, -0.15) is 0 Å². The van der Waals surface area contributed by atoms with Gasteiger partial charge < -0.3 is 8.83 Å². The van der Waals surface area contributed by atoms with Crippen molar-refractivity contribution in [3.63, 3.8) is 0 Å². The highest BCUT2D eigenvalue weighted by atomic mass is 16.4. The Kier molecular flexibility index (Phi) is 3.41. The molecule has 5 nitrogen and oxygen atoms in total. The lowest BCUT2D eigenvalue weighted by Gasteiger charge is -2.14. The zero-order chi connectivity index (χ0) is 13.3. The van der Waals surface area contributed by atoms with E-state index < -0.39 is 0 Å². The molecule has 0 spiro atoms. The number of hydrogen-bond acceptors (Lipinski definition) is 5. The quantitative estimate of drug-likeness (QED) is 0.833. The first kappa shape index (κ1) is 12.7. The molecule has 0 aromatic carbocycles. The van der Waals surface area contributed by atoms with Crippen LogP contribution in [0.3, 0.4) is 0 Å². The van der Waals surface area contributed by atoms with E-state index in [1.807, 2.05) is 25.8 Å². The Bertz CT molecular complexity index is 494. The Morgan fingerprint density at radius 1 is 0.889 bits per heavy atom. The van der Waals surface area contributed by atoms with Crippen molar-refractivity contribution in [3.8, 4) is 0 Å². The fourth-order valence-electron chi connectivity index (χ4n) is 2.00. The number of aryl methyl sites for hydroxylation is 4. The molecule has 0 radical (unpaired) electrons. The van der Waals surface area contributed by atoms with E-state index in [0.717, 1.165) is 36.0 Å². The van der Waals surface area contributed by atoms with Gasteiger partial charge in [0.25, 0.3) is 0 Å². The van der Waals surface area contributed by atoms with Crippen molar-refractivity contribution in [3.05, 3.63) is 23.2 Å². The molecule has 0 unspecified atom stereocenters. The number of anilines is 2. The van der Waals surface area contributed by atoms with Crippen molar-refractivity contribution < 1.29 is 8.83 Å². The van der Waals surface area contributed by atoms with Crippen LogP contribution in [0.4, 0.5) is 11.8 Å². The van der Waals surface area contributed by atoms with Gasteiger partial charge in [-0.3, -0.25) is 4.90 Å². The topological polar surface area (TPSA) is 55.3 Å². The lowest BCUT2D eigenvalue weighted by Crippen LogP contribution is -2.11. The van der Waals surface area contributed by atoms with Crippen molar-refractivity contribution in [1.29, 1.82) is 0 Å². The maximum atomic E-state index is 5.66. The van der Waals surface area contributed by atoms with Crippen LogP contribution < -0.4 is 4.90 Å². The minimum absolute atomic E-state index is 0.669. The lowest BCUT2D eigenvalue weighted by atomic mass is 10.3. The van der Waals surface area contributed by atoms with Crippen LogP contribution >= 0.6 is 0 Å². The van der Waals surface area contributed by atoms with Gasteiger partial charge in [0.15, 0.2) is 11.8 Å². The Labute approximate surface area is 107 Å². The summed E-state index contributed by atoms with van der Waals surface area (Å²) in [6, 6.07) is 0. The molecule has 0 aliphatic heterocycles. The van der Waals surface area contributed by atoms with Gasteiger partial charge in [-0.25, -0.2) is 9.97 Å². The first-order chi connectivity index (χ1) is 8.56. The van der Waals surface area contributed by atoms with Gasteiger partial charge in [0.05, 0.1) is 0 Å². The van der Waals surface area contributed by atoms with Crippen LogP contribution in [0, 0.1) is 13.8 Å². The molecule has 0 saturated heterocycles. The minimum atomic E-state index is 0.669. The first-order valence-corrected chi connectivity index (χ1v) is 6.23. The molecule has 0 bridgehead atoms. The number of rotatable bonds is 4. The predicted molar refractivity (Wildman–Crippen MR) is 69.3 cm³/mol. The fourth-order valence-corrected chi connectivity index (χ4v) is 2.00. The number of nitrogens with zero attached hydrogens (tertiary/aromatic N) is 3. The first-order valence-electron chi connectivity index (χ1n) is 6.23. The molecule has 2 rings (SSSR count). The normalized spacial score (nSPS) is 10.9. The van der Waals surface area contributed by atoms with Gasteiger partial charge in [-0.05, 0) is 12.8 Å². The van der Waals surface area contributed by atoms with Gasteiger partial charge >= 0.3 is 0 Å². The van der Waals surface area contributed by atoms with Gasteiger partial charge in [0, 0.05) is 20.9 Å². The zero-order valence-corrected chi connectivity index (χ0v) is 11.6. The van der Waals surface area contributed by atoms with Crippen molar-refractivity contribution in [2.24, 2.45) is 0 Å². The second-order valence-electron chi connectivity index (χ2n) is 4.24. The average Bonchev–Trinajstić information content (AvgIpc) is 2.91. The molecule has 18 heavy (non-hydrogen) atoms. The summed E-state index contributed by atoms with van der Waals surface area (Å²) in [5, 5.41) is 0. The third-order valence-electron chi connectivity index (χ3n) is 2.85. The van der Waals surface area contributed by atoms with E-state index in [2.05, 4.69) is 23.8 Å². The van der Waals surface area contributed by atoms with E-state index in [0.29, 0.717) is 11.8 Å². The summed E-state index contributed by atoms with van der Waals surface area (Å²) in [5.74, 6) is 2.81. The fraction of sp³-hybridized carbons (Fsp3) is 0.538. The minimum Gasteiger partial charge on any atom is -0.425 e. The Morgan fingerprint density at radius 3 is 1.61 bits per heavy atom. The Hall–Kier alpha value is -1.78. The van der Waals surface area contributed by atoms with E-state index in [1.165, 1.54) is 0 Å². The van der Waals surface area contributed by atoms with Crippen LogP contribution in [-0.4, -0.2) is 17.0 Å². The van der Waals surface area contributed by atoms with Crippen LogP contribution in [0.1, 0.15) is 37.0 Å². The molecular weight excluding hydrogens is 230 g/mol. The third-order valence-corrected chi connectivity index (χ3v) is 2.85. The highest BCUT2D eigenvalue weighted by Crippen LogP contribution is 2.31. The van der Waals surface area contributed by atoms with Crippen LogP contribution in [0.15, 0.2) is 8.83 Å².